The normalized spacial score (nSPS) is 32.1. The Morgan fingerprint density at radius 3 is 2.31 bits per heavy atom. The molecule has 2 rings (SSSR count). The summed E-state index contributed by atoms with van der Waals surface area (Å²) in [6.45, 7) is 9.93. The number of nitrogens with zero attached hydrogens (tertiary/aromatic N) is 1. The molecule has 1 heteroatoms. The van der Waals surface area contributed by atoms with Crippen LogP contribution in [0.2, 0.25) is 0 Å². The summed E-state index contributed by atoms with van der Waals surface area (Å²) >= 11 is 0. The maximum atomic E-state index is 2.74. The van der Waals surface area contributed by atoms with Crippen molar-refractivity contribution >= 4 is 0 Å². The molecule has 1 saturated heterocycles. The molecule has 0 radical (unpaired) electrons. The third kappa shape index (κ3) is 2.25. The fraction of sp³-hybridized carbons (Fsp3) is 1.00. The van der Waals surface area contributed by atoms with Gasteiger partial charge >= 0.3 is 0 Å². The van der Waals surface area contributed by atoms with Gasteiger partial charge < -0.3 is 4.90 Å². The molecule has 0 bridgehead atoms. The van der Waals surface area contributed by atoms with Gasteiger partial charge in [-0.1, -0.05) is 20.8 Å². The first kappa shape index (κ1) is 9.51. The van der Waals surface area contributed by atoms with E-state index in [2.05, 4.69) is 25.7 Å². The summed E-state index contributed by atoms with van der Waals surface area (Å²) in [4.78, 5) is 2.74. The van der Waals surface area contributed by atoms with E-state index < -0.39 is 0 Å². The molecule has 0 amide bonds. The molecule has 0 spiro atoms. The van der Waals surface area contributed by atoms with Crippen molar-refractivity contribution in [1.29, 1.82) is 0 Å². The standard InChI is InChI=1S/C12H23N/c1-12(2,3)10-5-4-8-13(9-10)11-6-7-11/h10-11H,4-9H2,1-3H3/t10-/m1/s1. The van der Waals surface area contributed by atoms with Crippen molar-refractivity contribution < 1.29 is 0 Å². The summed E-state index contributed by atoms with van der Waals surface area (Å²) in [5.41, 5.74) is 0.521. The maximum absolute atomic E-state index is 2.74. The van der Waals surface area contributed by atoms with E-state index in [1.807, 2.05) is 0 Å². The minimum absolute atomic E-state index is 0.521. The number of hydrogen-bond acceptors (Lipinski definition) is 1. The van der Waals surface area contributed by atoms with Crippen molar-refractivity contribution in [3.63, 3.8) is 0 Å². The van der Waals surface area contributed by atoms with Gasteiger partial charge in [0.1, 0.15) is 0 Å². The Hall–Kier alpha value is -0.0400. The number of hydrogen-bond donors (Lipinski definition) is 0. The van der Waals surface area contributed by atoms with Gasteiger partial charge in [0.15, 0.2) is 0 Å². The first-order chi connectivity index (χ1) is 6.07. The fourth-order valence-electron chi connectivity index (χ4n) is 2.48. The van der Waals surface area contributed by atoms with E-state index in [0.29, 0.717) is 5.41 Å². The van der Waals surface area contributed by atoms with Gasteiger partial charge in [-0.3, -0.25) is 0 Å². The predicted molar refractivity (Wildman–Crippen MR) is 56.8 cm³/mol. The largest absolute Gasteiger partial charge is 0.300 e. The molecule has 0 N–H and O–H groups in total. The maximum Gasteiger partial charge on any atom is 0.00965 e. The highest BCUT2D eigenvalue weighted by Crippen LogP contribution is 2.37. The number of rotatable bonds is 1. The Morgan fingerprint density at radius 2 is 1.77 bits per heavy atom. The molecule has 0 unspecified atom stereocenters. The highest BCUT2D eigenvalue weighted by atomic mass is 15.2. The molecule has 0 aromatic rings. The molecule has 1 nitrogen and oxygen atoms in total. The lowest BCUT2D eigenvalue weighted by Gasteiger charge is -2.39. The smallest absolute Gasteiger partial charge is 0.00965 e. The zero-order valence-corrected chi connectivity index (χ0v) is 9.34. The van der Waals surface area contributed by atoms with Crippen LogP contribution in [-0.4, -0.2) is 24.0 Å². The summed E-state index contributed by atoms with van der Waals surface area (Å²) in [6, 6.07) is 0.977. The lowest BCUT2D eigenvalue weighted by molar-refractivity contribution is 0.0940. The summed E-state index contributed by atoms with van der Waals surface area (Å²) in [6.07, 6.45) is 5.82. The van der Waals surface area contributed by atoms with E-state index in [0.717, 1.165) is 12.0 Å². The summed E-state index contributed by atoms with van der Waals surface area (Å²) < 4.78 is 0. The van der Waals surface area contributed by atoms with E-state index in [1.54, 1.807) is 0 Å². The van der Waals surface area contributed by atoms with Crippen LogP contribution in [0.3, 0.4) is 0 Å². The van der Waals surface area contributed by atoms with Gasteiger partial charge in [0.05, 0.1) is 0 Å². The monoisotopic (exact) mass is 181 g/mol. The van der Waals surface area contributed by atoms with Crippen LogP contribution in [0.1, 0.15) is 46.5 Å². The molecule has 2 fully saturated rings. The van der Waals surface area contributed by atoms with Gasteiger partial charge in [0, 0.05) is 12.6 Å². The van der Waals surface area contributed by atoms with E-state index >= 15 is 0 Å². The van der Waals surface area contributed by atoms with E-state index in [1.165, 1.54) is 38.8 Å². The minimum Gasteiger partial charge on any atom is -0.300 e. The van der Waals surface area contributed by atoms with Crippen molar-refractivity contribution in [1.82, 2.24) is 4.90 Å². The summed E-state index contributed by atoms with van der Waals surface area (Å²) in [7, 11) is 0. The fourth-order valence-corrected chi connectivity index (χ4v) is 2.48. The number of likely N-dealkylation sites (tertiary alicyclic amines) is 1. The highest BCUT2D eigenvalue weighted by molar-refractivity contribution is 4.90. The molecular weight excluding hydrogens is 158 g/mol. The van der Waals surface area contributed by atoms with Crippen molar-refractivity contribution in [3.05, 3.63) is 0 Å². The van der Waals surface area contributed by atoms with Crippen molar-refractivity contribution in [2.45, 2.75) is 52.5 Å². The first-order valence-corrected chi connectivity index (χ1v) is 5.81. The van der Waals surface area contributed by atoms with Crippen LogP contribution in [-0.2, 0) is 0 Å². The van der Waals surface area contributed by atoms with Gasteiger partial charge in [0.25, 0.3) is 0 Å². The van der Waals surface area contributed by atoms with Crippen molar-refractivity contribution in [3.8, 4) is 0 Å². The Bertz CT molecular complexity index is 176. The second kappa shape index (κ2) is 3.27. The molecule has 1 aliphatic heterocycles. The zero-order valence-electron chi connectivity index (χ0n) is 9.34. The second-order valence-electron chi connectivity index (χ2n) is 5.93. The molecule has 1 aliphatic carbocycles. The van der Waals surface area contributed by atoms with Crippen LogP contribution >= 0.6 is 0 Å². The lowest BCUT2D eigenvalue weighted by Crippen LogP contribution is -2.41. The van der Waals surface area contributed by atoms with Crippen LogP contribution in [0.15, 0.2) is 0 Å². The van der Waals surface area contributed by atoms with Gasteiger partial charge in [-0.15, -0.1) is 0 Å². The van der Waals surface area contributed by atoms with Gasteiger partial charge in [-0.05, 0) is 43.6 Å². The van der Waals surface area contributed by atoms with Crippen molar-refractivity contribution in [2.24, 2.45) is 11.3 Å². The minimum atomic E-state index is 0.521. The molecule has 13 heavy (non-hydrogen) atoms. The van der Waals surface area contributed by atoms with Gasteiger partial charge in [-0.25, -0.2) is 0 Å². The molecule has 0 aromatic heterocycles. The Balaban J connectivity index is 1.91. The SMILES string of the molecule is CC(C)(C)[C@@H]1CCCN(C2CC2)C1. The topological polar surface area (TPSA) is 3.24 Å². The lowest BCUT2D eigenvalue weighted by atomic mass is 9.76. The Kier molecular flexibility index (Phi) is 2.39. The first-order valence-electron chi connectivity index (χ1n) is 5.81. The van der Waals surface area contributed by atoms with E-state index in [9.17, 15) is 0 Å². The molecule has 2 aliphatic rings. The average molecular weight is 181 g/mol. The van der Waals surface area contributed by atoms with Crippen LogP contribution in [0.5, 0.6) is 0 Å². The van der Waals surface area contributed by atoms with Gasteiger partial charge in [-0.2, -0.15) is 0 Å². The van der Waals surface area contributed by atoms with Crippen LogP contribution in [0.25, 0.3) is 0 Å². The van der Waals surface area contributed by atoms with Crippen LogP contribution in [0, 0.1) is 11.3 Å². The van der Waals surface area contributed by atoms with E-state index in [4.69, 9.17) is 0 Å². The van der Waals surface area contributed by atoms with Crippen LogP contribution in [0.4, 0.5) is 0 Å². The third-order valence-corrected chi connectivity index (χ3v) is 3.74. The molecule has 1 saturated carbocycles. The molecule has 1 atom stereocenters. The van der Waals surface area contributed by atoms with Crippen LogP contribution < -0.4 is 0 Å². The zero-order chi connectivity index (χ0) is 9.47. The third-order valence-electron chi connectivity index (χ3n) is 3.74. The quantitative estimate of drug-likeness (QED) is 0.601. The molecule has 76 valence electrons. The Labute approximate surface area is 82.5 Å². The summed E-state index contributed by atoms with van der Waals surface area (Å²) in [5, 5.41) is 0. The average Bonchev–Trinajstić information content (AvgIpc) is 2.85. The highest BCUT2D eigenvalue weighted by Gasteiger charge is 2.35. The predicted octanol–water partition coefficient (Wildman–Crippen LogP) is 2.91. The van der Waals surface area contributed by atoms with Gasteiger partial charge in [0.2, 0.25) is 0 Å². The Morgan fingerprint density at radius 1 is 1.08 bits per heavy atom. The van der Waals surface area contributed by atoms with Crippen molar-refractivity contribution in [2.75, 3.05) is 13.1 Å². The molecule has 0 aromatic carbocycles. The number of piperidine rings is 1. The second-order valence-corrected chi connectivity index (χ2v) is 5.93. The molecular formula is C12H23N. The molecule has 1 heterocycles. The summed E-state index contributed by atoms with van der Waals surface area (Å²) in [5.74, 6) is 0.932. The van der Waals surface area contributed by atoms with E-state index in [-0.39, 0.29) is 0 Å².